The fourth-order valence-electron chi connectivity index (χ4n) is 2.57. The SMILES string of the molecule is COc1cncnc1NC(=O)NC(C(C)C)C(O)c1cccc(C(F)(F)F)c1. The first-order valence-corrected chi connectivity index (χ1v) is 8.40. The van der Waals surface area contributed by atoms with Gasteiger partial charge in [-0.05, 0) is 23.6 Å². The fraction of sp³-hybridized carbons (Fsp3) is 0.389. The zero-order chi connectivity index (χ0) is 20.9. The summed E-state index contributed by atoms with van der Waals surface area (Å²) < 4.78 is 43.8. The maximum absolute atomic E-state index is 12.9. The summed E-state index contributed by atoms with van der Waals surface area (Å²) >= 11 is 0. The number of aliphatic hydroxyl groups excluding tert-OH is 1. The average molecular weight is 398 g/mol. The molecular formula is C18H21F3N4O3. The number of aromatic nitrogens is 2. The summed E-state index contributed by atoms with van der Waals surface area (Å²) in [4.78, 5) is 20.0. The molecule has 0 fully saturated rings. The first-order valence-electron chi connectivity index (χ1n) is 8.40. The summed E-state index contributed by atoms with van der Waals surface area (Å²) in [5, 5.41) is 15.6. The van der Waals surface area contributed by atoms with Crippen molar-refractivity contribution in [1.29, 1.82) is 0 Å². The highest BCUT2D eigenvalue weighted by Gasteiger charge is 2.32. The first-order chi connectivity index (χ1) is 13.1. The molecule has 2 amide bonds. The molecule has 28 heavy (non-hydrogen) atoms. The molecule has 0 aliphatic heterocycles. The Labute approximate surface area is 160 Å². The number of amides is 2. The lowest BCUT2D eigenvalue weighted by Crippen LogP contribution is -2.45. The monoisotopic (exact) mass is 398 g/mol. The number of anilines is 1. The number of halogens is 3. The number of methoxy groups -OCH3 is 1. The summed E-state index contributed by atoms with van der Waals surface area (Å²) in [6, 6.07) is 2.83. The number of alkyl halides is 3. The number of carbonyl (C=O) groups excluding carboxylic acids is 1. The van der Waals surface area contributed by atoms with Crippen LogP contribution in [0.1, 0.15) is 31.1 Å². The molecule has 1 heterocycles. The number of rotatable bonds is 6. The molecule has 0 radical (unpaired) electrons. The Balaban J connectivity index is 2.17. The molecule has 0 spiro atoms. The molecule has 7 nitrogen and oxygen atoms in total. The standard InChI is InChI=1S/C18H21F3N4O3/c1-10(2)14(15(26)11-5-4-6-12(7-11)18(19,20)21)24-17(27)25-16-13(28-3)8-22-9-23-16/h4-10,14-15,26H,1-3H3,(H2,22,23,24,25,27). The van der Waals surface area contributed by atoms with Crippen LogP contribution in [0.5, 0.6) is 5.75 Å². The first kappa shape index (κ1) is 21.4. The summed E-state index contributed by atoms with van der Waals surface area (Å²) in [5.41, 5.74) is -0.824. The van der Waals surface area contributed by atoms with Gasteiger partial charge in [-0.2, -0.15) is 13.2 Å². The van der Waals surface area contributed by atoms with Crippen LogP contribution in [0.2, 0.25) is 0 Å². The molecule has 2 unspecified atom stereocenters. The van der Waals surface area contributed by atoms with Crippen molar-refractivity contribution in [2.75, 3.05) is 12.4 Å². The molecule has 1 aromatic heterocycles. The lowest BCUT2D eigenvalue weighted by Gasteiger charge is -2.28. The highest BCUT2D eigenvalue weighted by Crippen LogP contribution is 2.32. The van der Waals surface area contributed by atoms with Gasteiger partial charge in [-0.15, -0.1) is 0 Å². The third kappa shape index (κ3) is 5.32. The van der Waals surface area contributed by atoms with Crippen molar-refractivity contribution in [3.05, 3.63) is 47.9 Å². The molecular weight excluding hydrogens is 377 g/mol. The van der Waals surface area contributed by atoms with Crippen LogP contribution in [-0.2, 0) is 6.18 Å². The Kier molecular flexibility index (Phi) is 6.79. The maximum atomic E-state index is 12.9. The van der Waals surface area contributed by atoms with Crippen LogP contribution < -0.4 is 15.4 Å². The topological polar surface area (TPSA) is 96.4 Å². The summed E-state index contributed by atoms with van der Waals surface area (Å²) in [6.45, 7) is 3.46. The quantitative estimate of drug-likeness (QED) is 0.693. The highest BCUT2D eigenvalue weighted by molar-refractivity contribution is 5.89. The predicted octanol–water partition coefficient (Wildman–Crippen LogP) is 3.38. The second-order valence-corrected chi connectivity index (χ2v) is 6.38. The van der Waals surface area contributed by atoms with Gasteiger partial charge in [0.1, 0.15) is 6.33 Å². The van der Waals surface area contributed by atoms with Crippen LogP contribution in [0.4, 0.5) is 23.8 Å². The van der Waals surface area contributed by atoms with E-state index in [-0.39, 0.29) is 23.0 Å². The molecule has 152 valence electrons. The van der Waals surface area contributed by atoms with E-state index in [1.165, 1.54) is 31.8 Å². The van der Waals surface area contributed by atoms with Crippen molar-refractivity contribution >= 4 is 11.8 Å². The zero-order valence-corrected chi connectivity index (χ0v) is 15.5. The number of carbonyl (C=O) groups is 1. The largest absolute Gasteiger partial charge is 0.491 e. The molecule has 0 aliphatic rings. The van der Waals surface area contributed by atoms with E-state index in [2.05, 4.69) is 20.6 Å². The predicted molar refractivity (Wildman–Crippen MR) is 95.8 cm³/mol. The van der Waals surface area contributed by atoms with Gasteiger partial charge in [0.2, 0.25) is 0 Å². The summed E-state index contributed by atoms with van der Waals surface area (Å²) in [6.07, 6.45) is -3.30. The Morgan fingerprint density at radius 3 is 2.61 bits per heavy atom. The fourth-order valence-corrected chi connectivity index (χ4v) is 2.57. The molecule has 0 saturated carbocycles. The molecule has 0 aliphatic carbocycles. The normalized spacial score (nSPS) is 13.7. The average Bonchev–Trinajstić information content (AvgIpc) is 2.65. The van der Waals surface area contributed by atoms with E-state index in [1.807, 2.05) is 0 Å². The van der Waals surface area contributed by atoms with E-state index in [0.29, 0.717) is 0 Å². The molecule has 0 saturated heterocycles. The molecule has 0 bridgehead atoms. The van der Waals surface area contributed by atoms with E-state index in [1.54, 1.807) is 13.8 Å². The van der Waals surface area contributed by atoms with Gasteiger partial charge in [0.05, 0.1) is 31.0 Å². The minimum absolute atomic E-state index is 0.0495. The highest BCUT2D eigenvalue weighted by atomic mass is 19.4. The van der Waals surface area contributed by atoms with Crippen LogP contribution in [0, 0.1) is 5.92 Å². The van der Waals surface area contributed by atoms with Gasteiger partial charge in [-0.3, -0.25) is 5.32 Å². The molecule has 2 rings (SSSR count). The number of ether oxygens (including phenoxy) is 1. The molecule has 2 atom stereocenters. The number of nitrogens with zero attached hydrogens (tertiary/aromatic N) is 2. The number of hydrogen-bond acceptors (Lipinski definition) is 5. The van der Waals surface area contributed by atoms with E-state index >= 15 is 0 Å². The zero-order valence-electron chi connectivity index (χ0n) is 15.5. The Morgan fingerprint density at radius 2 is 2.00 bits per heavy atom. The number of urea groups is 1. The summed E-state index contributed by atoms with van der Waals surface area (Å²) in [5.74, 6) is 0.0748. The second kappa shape index (κ2) is 8.87. The minimum Gasteiger partial charge on any atom is -0.491 e. The van der Waals surface area contributed by atoms with Crippen LogP contribution >= 0.6 is 0 Å². The smallest absolute Gasteiger partial charge is 0.416 e. The number of benzene rings is 1. The van der Waals surface area contributed by atoms with Crippen LogP contribution in [-0.4, -0.2) is 34.3 Å². The molecule has 2 aromatic rings. The van der Waals surface area contributed by atoms with Crippen molar-refractivity contribution in [2.45, 2.75) is 32.2 Å². The van der Waals surface area contributed by atoms with Crippen molar-refractivity contribution in [3.8, 4) is 5.75 Å². The van der Waals surface area contributed by atoms with Crippen molar-refractivity contribution in [1.82, 2.24) is 15.3 Å². The van der Waals surface area contributed by atoms with E-state index in [0.717, 1.165) is 12.1 Å². The Bertz CT molecular complexity index is 815. The Hall–Kier alpha value is -2.88. The van der Waals surface area contributed by atoms with Crippen molar-refractivity contribution in [3.63, 3.8) is 0 Å². The minimum atomic E-state index is -4.53. The second-order valence-electron chi connectivity index (χ2n) is 6.38. The maximum Gasteiger partial charge on any atom is 0.416 e. The van der Waals surface area contributed by atoms with Gasteiger partial charge in [0, 0.05) is 0 Å². The third-order valence-corrected chi connectivity index (χ3v) is 4.04. The van der Waals surface area contributed by atoms with E-state index in [4.69, 9.17) is 4.74 Å². The number of nitrogens with one attached hydrogen (secondary N) is 2. The van der Waals surface area contributed by atoms with Gasteiger partial charge in [0.25, 0.3) is 0 Å². The van der Waals surface area contributed by atoms with Gasteiger partial charge in [-0.1, -0.05) is 26.0 Å². The molecule has 1 aromatic carbocycles. The molecule has 3 N–H and O–H groups in total. The van der Waals surface area contributed by atoms with Crippen molar-refractivity contribution in [2.24, 2.45) is 5.92 Å². The van der Waals surface area contributed by atoms with Crippen LogP contribution in [0.25, 0.3) is 0 Å². The number of aliphatic hydroxyl groups is 1. The van der Waals surface area contributed by atoms with Crippen LogP contribution in [0.3, 0.4) is 0 Å². The van der Waals surface area contributed by atoms with Gasteiger partial charge in [-0.25, -0.2) is 14.8 Å². The molecule has 10 heteroatoms. The third-order valence-electron chi connectivity index (χ3n) is 4.04. The van der Waals surface area contributed by atoms with E-state index < -0.39 is 29.9 Å². The van der Waals surface area contributed by atoms with Gasteiger partial charge >= 0.3 is 12.2 Å². The van der Waals surface area contributed by atoms with Crippen molar-refractivity contribution < 1.29 is 27.8 Å². The van der Waals surface area contributed by atoms with Crippen LogP contribution in [0.15, 0.2) is 36.8 Å². The van der Waals surface area contributed by atoms with Gasteiger partial charge < -0.3 is 15.2 Å². The van der Waals surface area contributed by atoms with E-state index in [9.17, 15) is 23.1 Å². The Morgan fingerprint density at radius 1 is 1.29 bits per heavy atom. The number of hydrogen-bond donors (Lipinski definition) is 3. The lowest BCUT2D eigenvalue weighted by atomic mass is 9.92. The lowest BCUT2D eigenvalue weighted by molar-refractivity contribution is -0.137. The van der Waals surface area contributed by atoms with Gasteiger partial charge in [0.15, 0.2) is 11.6 Å². The summed E-state index contributed by atoms with van der Waals surface area (Å²) in [7, 11) is 1.39.